The van der Waals surface area contributed by atoms with Crippen LogP contribution >= 0.6 is 0 Å². The molecule has 4 heteroatoms. The molecular formula is C17H24O4. The number of hydrogen-bond acceptors (Lipinski definition) is 4. The highest BCUT2D eigenvalue weighted by atomic mass is 16.5. The maximum atomic E-state index is 12.3. The molecule has 21 heavy (non-hydrogen) atoms. The number of aliphatic hydroxyl groups is 1. The van der Waals surface area contributed by atoms with E-state index in [1.54, 1.807) is 0 Å². The van der Waals surface area contributed by atoms with Crippen molar-refractivity contribution in [3.05, 3.63) is 23.8 Å². The molecule has 1 fully saturated rings. The average Bonchev–Trinajstić information content (AvgIpc) is 2.47. The van der Waals surface area contributed by atoms with Gasteiger partial charge >= 0.3 is 5.97 Å². The van der Waals surface area contributed by atoms with Crippen molar-refractivity contribution in [2.24, 2.45) is 17.3 Å². The number of ketones is 1. The van der Waals surface area contributed by atoms with Gasteiger partial charge in [0.25, 0.3) is 0 Å². The third-order valence-corrected chi connectivity index (χ3v) is 4.99. The summed E-state index contributed by atoms with van der Waals surface area (Å²) < 4.78 is 5.18. The maximum Gasteiger partial charge on any atom is 0.302 e. The number of allylic oxidation sites excluding steroid dienone is 2. The second-order valence-corrected chi connectivity index (χ2v) is 6.56. The first kappa shape index (κ1) is 16.0. The minimum absolute atomic E-state index is 0.0101. The van der Waals surface area contributed by atoms with E-state index in [0.717, 1.165) is 19.3 Å². The van der Waals surface area contributed by atoms with Crippen LogP contribution in [-0.4, -0.2) is 30.1 Å². The van der Waals surface area contributed by atoms with Crippen LogP contribution in [0, 0.1) is 17.3 Å². The second kappa shape index (κ2) is 6.14. The van der Waals surface area contributed by atoms with Gasteiger partial charge in [0.05, 0.1) is 13.2 Å². The molecule has 0 spiro atoms. The molecule has 2 aliphatic carbocycles. The van der Waals surface area contributed by atoms with Crippen LogP contribution in [0.3, 0.4) is 0 Å². The summed E-state index contributed by atoms with van der Waals surface area (Å²) in [5.74, 6) is 0.186. The Labute approximate surface area is 125 Å². The lowest BCUT2D eigenvalue weighted by atomic mass is 9.51. The molecule has 1 N–H and O–H groups in total. The van der Waals surface area contributed by atoms with Crippen molar-refractivity contribution in [3.63, 3.8) is 0 Å². The largest absolute Gasteiger partial charge is 0.465 e. The minimum atomic E-state index is -0.288. The van der Waals surface area contributed by atoms with Gasteiger partial charge in [0.2, 0.25) is 0 Å². The number of Topliss-reactive ketones (excluding diaryl/α,β-unsaturated/α-hetero) is 1. The van der Waals surface area contributed by atoms with Crippen LogP contribution in [0.15, 0.2) is 23.8 Å². The van der Waals surface area contributed by atoms with Gasteiger partial charge in [-0.05, 0) is 31.1 Å². The number of aliphatic hydroxyl groups excluding tert-OH is 1. The van der Waals surface area contributed by atoms with E-state index in [4.69, 9.17) is 4.74 Å². The zero-order valence-corrected chi connectivity index (χ0v) is 12.9. The number of rotatable bonds is 3. The summed E-state index contributed by atoms with van der Waals surface area (Å²) in [5, 5.41) is 9.33. The third kappa shape index (κ3) is 3.26. The third-order valence-electron chi connectivity index (χ3n) is 4.99. The standard InChI is InChI=1S/C17H24O4/c1-11-5-4-6-13(9-18)16(20)7-15-14(11)8-17(15,3)10-21-12(2)19/h6,14-15,18H,1,4-5,7-10H2,2-3H3/t14-,15-,17+/m1/s1. The molecule has 0 aromatic rings. The van der Waals surface area contributed by atoms with Crippen LogP contribution in [0.1, 0.15) is 39.5 Å². The van der Waals surface area contributed by atoms with Crippen LogP contribution in [0.5, 0.6) is 0 Å². The Kier molecular flexibility index (Phi) is 4.67. The van der Waals surface area contributed by atoms with Gasteiger partial charge in [0.15, 0.2) is 5.78 Å². The van der Waals surface area contributed by atoms with Crippen molar-refractivity contribution in [2.45, 2.75) is 39.5 Å². The molecule has 4 nitrogen and oxygen atoms in total. The molecule has 1 saturated carbocycles. The Hall–Kier alpha value is -1.42. The monoisotopic (exact) mass is 292 g/mol. The van der Waals surface area contributed by atoms with Gasteiger partial charge in [0.1, 0.15) is 0 Å². The lowest BCUT2D eigenvalue weighted by Crippen LogP contribution is -2.50. The SMILES string of the molecule is C=C1CCC=C(CO)C(=O)C[C@@H]2[C@@H]1C[C@@]2(C)COC(C)=O. The Morgan fingerprint density at radius 2 is 2.29 bits per heavy atom. The van der Waals surface area contributed by atoms with E-state index in [9.17, 15) is 14.7 Å². The van der Waals surface area contributed by atoms with Crippen LogP contribution in [-0.2, 0) is 14.3 Å². The first-order valence-corrected chi connectivity index (χ1v) is 7.51. The Balaban J connectivity index is 2.16. The fourth-order valence-corrected chi connectivity index (χ4v) is 3.59. The quantitative estimate of drug-likeness (QED) is 0.641. The van der Waals surface area contributed by atoms with Crippen molar-refractivity contribution in [2.75, 3.05) is 13.2 Å². The molecule has 2 rings (SSSR count). The summed E-state index contributed by atoms with van der Waals surface area (Å²) in [6, 6.07) is 0. The van der Waals surface area contributed by atoms with Gasteiger partial charge in [-0.3, -0.25) is 9.59 Å². The summed E-state index contributed by atoms with van der Waals surface area (Å²) >= 11 is 0. The minimum Gasteiger partial charge on any atom is -0.465 e. The van der Waals surface area contributed by atoms with Crippen molar-refractivity contribution in [1.29, 1.82) is 0 Å². The number of fused-ring (bicyclic) bond motifs is 1. The van der Waals surface area contributed by atoms with Crippen LogP contribution in [0.25, 0.3) is 0 Å². The van der Waals surface area contributed by atoms with E-state index in [2.05, 4.69) is 13.5 Å². The van der Waals surface area contributed by atoms with Gasteiger partial charge in [-0.2, -0.15) is 0 Å². The first-order valence-electron chi connectivity index (χ1n) is 7.51. The summed E-state index contributed by atoms with van der Waals surface area (Å²) in [5.41, 5.74) is 1.51. The molecule has 0 aromatic heterocycles. The van der Waals surface area contributed by atoms with E-state index >= 15 is 0 Å². The fourth-order valence-electron chi connectivity index (χ4n) is 3.59. The Morgan fingerprint density at radius 1 is 1.57 bits per heavy atom. The summed E-state index contributed by atoms with van der Waals surface area (Å²) in [6.07, 6.45) is 4.74. The van der Waals surface area contributed by atoms with Crippen molar-refractivity contribution in [3.8, 4) is 0 Å². The topological polar surface area (TPSA) is 63.6 Å². The molecular weight excluding hydrogens is 268 g/mol. The molecule has 2 aliphatic rings. The zero-order valence-electron chi connectivity index (χ0n) is 12.9. The number of ether oxygens (including phenoxy) is 1. The highest BCUT2D eigenvalue weighted by molar-refractivity contribution is 5.95. The van der Waals surface area contributed by atoms with Crippen LogP contribution in [0.2, 0.25) is 0 Å². The van der Waals surface area contributed by atoms with E-state index < -0.39 is 0 Å². The lowest BCUT2D eigenvalue weighted by molar-refractivity contribution is -0.153. The highest BCUT2D eigenvalue weighted by Gasteiger charge is 2.52. The van der Waals surface area contributed by atoms with Gasteiger partial charge in [-0.1, -0.05) is 25.2 Å². The number of esters is 1. The average molecular weight is 292 g/mol. The van der Waals surface area contributed by atoms with Crippen molar-refractivity contribution in [1.82, 2.24) is 0 Å². The zero-order chi connectivity index (χ0) is 15.6. The number of carbonyl (C=O) groups is 2. The van der Waals surface area contributed by atoms with Crippen LogP contribution < -0.4 is 0 Å². The van der Waals surface area contributed by atoms with Crippen molar-refractivity contribution >= 4 is 11.8 Å². The highest BCUT2D eigenvalue weighted by Crippen LogP contribution is 2.56. The second-order valence-electron chi connectivity index (χ2n) is 6.56. The molecule has 0 heterocycles. The molecule has 0 bridgehead atoms. The summed E-state index contributed by atoms with van der Waals surface area (Å²) in [4.78, 5) is 23.4. The number of hydrogen-bond donors (Lipinski definition) is 1. The number of carbonyl (C=O) groups excluding carboxylic acids is 2. The molecule has 3 atom stereocenters. The smallest absolute Gasteiger partial charge is 0.302 e. The summed E-state index contributed by atoms with van der Waals surface area (Å²) in [7, 11) is 0. The van der Waals surface area contributed by atoms with Crippen LogP contribution in [0.4, 0.5) is 0 Å². The Morgan fingerprint density at radius 3 is 2.90 bits per heavy atom. The molecule has 0 saturated heterocycles. The predicted molar refractivity (Wildman–Crippen MR) is 79.5 cm³/mol. The van der Waals surface area contributed by atoms with Gasteiger partial charge in [-0.25, -0.2) is 0 Å². The summed E-state index contributed by atoms with van der Waals surface area (Å²) in [6.45, 7) is 7.78. The van der Waals surface area contributed by atoms with E-state index in [1.165, 1.54) is 12.5 Å². The predicted octanol–water partition coefficient (Wildman–Crippen LogP) is 2.42. The van der Waals surface area contributed by atoms with Gasteiger partial charge < -0.3 is 9.84 Å². The molecule has 0 aliphatic heterocycles. The molecule has 0 aromatic carbocycles. The van der Waals surface area contributed by atoms with E-state index in [0.29, 0.717) is 24.5 Å². The molecule has 116 valence electrons. The van der Waals surface area contributed by atoms with Gasteiger partial charge in [-0.15, -0.1) is 0 Å². The van der Waals surface area contributed by atoms with E-state index in [1.807, 2.05) is 6.08 Å². The molecule has 0 amide bonds. The normalized spacial score (nSPS) is 33.0. The van der Waals surface area contributed by atoms with Gasteiger partial charge in [0, 0.05) is 24.3 Å². The van der Waals surface area contributed by atoms with Crippen molar-refractivity contribution < 1.29 is 19.4 Å². The first-order chi connectivity index (χ1) is 9.87. The molecule has 0 radical (unpaired) electrons. The molecule has 0 unspecified atom stereocenters. The fraction of sp³-hybridized carbons (Fsp3) is 0.647. The van der Waals surface area contributed by atoms with E-state index in [-0.39, 0.29) is 29.7 Å². The maximum absolute atomic E-state index is 12.3. The Bertz CT molecular complexity index is 491. The lowest BCUT2D eigenvalue weighted by Gasteiger charge is -2.53.